The zero-order valence-electron chi connectivity index (χ0n) is 23.0. The monoisotopic (exact) mass is 554 g/mol. The van der Waals surface area contributed by atoms with Crippen LogP contribution in [0.1, 0.15) is 57.8 Å². The van der Waals surface area contributed by atoms with E-state index in [9.17, 15) is 22.4 Å². The quantitative estimate of drug-likeness (QED) is 0.375. The van der Waals surface area contributed by atoms with Gasteiger partial charge >= 0.3 is 0 Å². The highest BCUT2D eigenvalue weighted by molar-refractivity contribution is 7.96. The van der Waals surface area contributed by atoms with Gasteiger partial charge in [-0.05, 0) is 62.4 Å². The van der Waals surface area contributed by atoms with Crippen molar-refractivity contribution in [2.75, 3.05) is 23.8 Å². The first-order valence-corrected chi connectivity index (χ1v) is 14.8. The molecule has 0 N–H and O–H groups in total. The predicted octanol–water partition coefficient (Wildman–Crippen LogP) is 5.56. The zero-order valence-corrected chi connectivity index (χ0v) is 23.8. The van der Waals surface area contributed by atoms with Crippen molar-refractivity contribution in [3.05, 3.63) is 64.8 Å². The third-order valence-corrected chi connectivity index (χ3v) is 8.55. The molecule has 7 nitrogen and oxygen atoms in total. The molecule has 1 aliphatic heterocycles. The highest BCUT2D eigenvalue weighted by Gasteiger charge is 2.39. The molecule has 4 rings (SSSR count). The summed E-state index contributed by atoms with van der Waals surface area (Å²) in [6.07, 6.45) is 5.16. The minimum atomic E-state index is -4.15. The van der Waals surface area contributed by atoms with Gasteiger partial charge in [0.2, 0.25) is 0 Å². The number of hydrogen-bond acceptors (Lipinski definition) is 7. The first-order chi connectivity index (χ1) is 18.3. The number of hydrogen-bond donors (Lipinski definition) is 0. The number of anilines is 1. The van der Waals surface area contributed by atoms with Gasteiger partial charge in [-0.1, -0.05) is 32.9 Å². The number of carbonyl (C=O) groups is 2. The number of nitrogens with zero attached hydrogens (tertiary/aromatic N) is 2. The lowest BCUT2D eigenvalue weighted by Crippen LogP contribution is -2.40. The van der Waals surface area contributed by atoms with Crippen molar-refractivity contribution in [3.8, 4) is 17.0 Å². The molecule has 1 saturated heterocycles. The average Bonchev–Trinajstić information content (AvgIpc) is 3.13. The maximum atomic E-state index is 14.5. The maximum absolute atomic E-state index is 14.5. The van der Waals surface area contributed by atoms with Gasteiger partial charge in [-0.15, -0.1) is 0 Å². The highest BCUT2D eigenvalue weighted by Crippen LogP contribution is 2.39. The van der Waals surface area contributed by atoms with Crippen LogP contribution in [0.25, 0.3) is 11.3 Å². The SMILES string of the molecule is CC(C)COc1cc(F)cc(-c2ccc(C(=O)CS(=O)(=O)C3=CC=CCC3=O)c(N3C[C@H](C)CC3(C)C)n2)c1. The molecule has 2 aromatic rings. The van der Waals surface area contributed by atoms with Crippen LogP contribution in [0.3, 0.4) is 0 Å². The molecule has 0 spiro atoms. The van der Waals surface area contributed by atoms with E-state index in [1.165, 1.54) is 24.3 Å². The molecule has 1 aromatic carbocycles. The Balaban J connectivity index is 1.76. The van der Waals surface area contributed by atoms with Crippen molar-refractivity contribution in [1.82, 2.24) is 4.98 Å². The Labute approximate surface area is 229 Å². The fraction of sp³-hybridized carbons (Fsp3) is 0.433. The number of ketones is 2. The Morgan fingerprint density at radius 3 is 2.62 bits per heavy atom. The fourth-order valence-electron chi connectivity index (χ4n) is 5.18. The number of ether oxygens (including phenoxy) is 1. The van der Waals surface area contributed by atoms with E-state index in [2.05, 4.69) is 6.92 Å². The number of benzene rings is 1. The summed E-state index contributed by atoms with van der Waals surface area (Å²) in [5.41, 5.74) is 0.718. The van der Waals surface area contributed by atoms with E-state index < -0.39 is 33.0 Å². The molecular formula is C30H35FN2O5S. The number of sulfone groups is 1. The molecule has 9 heteroatoms. The smallest absolute Gasteiger partial charge is 0.189 e. The van der Waals surface area contributed by atoms with Crippen molar-refractivity contribution in [3.63, 3.8) is 0 Å². The molecule has 2 heterocycles. The second-order valence-electron chi connectivity index (χ2n) is 11.4. The van der Waals surface area contributed by atoms with Crippen LogP contribution in [-0.2, 0) is 14.6 Å². The van der Waals surface area contributed by atoms with Crippen LogP contribution in [0.2, 0.25) is 0 Å². The standard InChI is InChI=1S/C30H35FN2O5S/c1-19(2)17-38-23-13-21(12-22(31)14-23)25-11-10-24(29(32-25)33-16-20(3)15-30(33,4)5)27(35)18-39(36,37)28-9-7-6-8-26(28)34/h6-7,9-14,19-20H,8,15-18H2,1-5H3/t20-/m1/s1. The zero-order chi connectivity index (χ0) is 28.5. The highest BCUT2D eigenvalue weighted by atomic mass is 32.2. The Morgan fingerprint density at radius 2 is 1.97 bits per heavy atom. The third-order valence-electron chi connectivity index (χ3n) is 6.87. The van der Waals surface area contributed by atoms with Gasteiger partial charge in [-0.2, -0.15) is 0 Å². The average molecular weight is 555 g/mol. The van der Waals surface area contributed by atoms with Gasteiger partial charge in [-0.3, -0.25) is 9.59 Å². The summed E-state index contributed by atoms with van der Waals surface area (Å²) in [6.45, 7) is 11.3. The summed E-state index contributed by atoms with van der Waals surface area (Å²) in [6, 6.07) is 7.51. The van der Waals surface area contributed by atoms with Crippen molar-refractivity contribution in [1.29, 1.82) is 0 Å². The van der Waals surface area contributed by atoms with Gasteiger partial charge in [0.1, 0.15) is 28.0 Å². The Hall–Kier alpha value is -3.33. The molecule has 0 radical (unpaired) electrons. The Bertz CT molecular complexity index is 1460. The van der Waals surface area contributed by atoms with Gasteiger partial charge in [0.15, 0.2) is 21.4 Å². The molecule has 2 aliphatic rings. The van der Waals surface area contributed by atoms with Crippen molar-refractivity contribution in [2.24, 2.45) is 11.8 Å². The van der Waals surface area contributed by atoms with Crippen LogP contribution < -0.4 is 9.64 Å². The number of aromatic nitrogens is 1. The third kappa shape index (κ3) is 6.46. The molecule has 208 valence electrons. The molecule has 0 amide bonds. The molecule has 0 bridgehead atoms. The molecule has 0 saturated carbocycles. The lowest BCUT2D eigenvalue weighted by Gasteiger charge is -2.34. The van der Waals surface area contributed by atoms with Gasteiger partial charge < -0.3 is 9.64 Å². The van der Waals surface area contributed by atoms with Gasteiger partial charge in [0, 0.05) is 30.1 Å². The van der Waals surface area contributed by atoms with E-state index in [-0.39, 0.29) is 28.3 Å². The molecule has 1 fully saturated rings. The Kier molecular flexibility index (Phi) is 8.12. The first-order valence-electron chi connectivity index (χ1n) is 13.2. The summed E-state index contributed by atoms with van der Waals surface area (Å²) < 4.78 is 46.3. The molecular weight excluding hydrogens is 519 g/mol. The number of halogens is 1. The normalized spacial score (nSPS) is 18.9. The summed E-state index contributed by atoms with van der Waals surface area (Å²) in [5.74, 6) is -1.20. The van der Waals surface area contributed by atoms with Crippen molar-refractivity contribution in [2.45, 2.75) is 53.0 Å². The minimum Gasteiger partial charge on any atom is -0.493 e. The van der Waals surface area contributed by atoms with Gasteiger partial charge in [0.05, 0.1) is 17.9 Å². The van der Waals surface area contributed by atoms with Crippen LogP contribution in [0.5, 0.6) is 5.75 Å². The van der Waals surface area contributed by atoms with Crippen molar-refractivity contribution < 1.29 is 27.1 Å². The van der Waals surface area contributed by atoms with E-state index in [1.54, 1.807) is 24.3 Å². The number of carbonyl (C=O) groups excluding carboxylic acids is 2. The molecule has 1 aliphatic carbocycles. The maximum Gasteiger partial charge on any atom is 0.189 e. The van der Waals surface area contributed by atoms with Crippen molar-refractivity contribution >= 4 is 27.2 Å². The van der Waals surface area contributed by atoms with E-state index in [4.69, 9.17) is 9.72 Å². The summed E-state index contributed by atoms with van der Waals surface area (Å²) >= 11 is 0. The van der Waals surface area contributed by atoms with Crippen LogP contribution in [0, 0.1) is 17.7 Å². The molecule has 39 heavy (non-hydrogen) atoms. The summed E-state index contributed by atoms with van der Waals surface area (Å²) in [4.78, 5) is 32.2. The van der Waals surface area contributed by atoms with Crippen LogP contribution >= 0.6 is 0 Å². The number of rotatable bonds is 9. The summed E-state index contributed by atoms with van der Waals surface area (Å²) in [7, 11) is -4.15. The largest absolute Gasteiger partial charge is 0.493 e. The number of pyridine rings is 1. The predicted molar refractivity (Wildman–Crippen MR) is 150 cm³/mol. The lowest BCUT2D eigenvalue weighted by atomic mass is 9.97. The topological polar surface area (TPSA) is 93.6 Å². The van der Waals surface area contributed by atoms with Crippen LogP contribution in [0.15, 0.2) is 53.5 Å². The number of allylic oxidation sites excluding steroid dienone is 4. The second-order valence-corrected chi connectivity index (χ2v) is 13.4. The van der Waals surface area contributed by atoms with Crippen LogP contribution in [0.4, 0.5) is 10.2 Å². The summed E-state index contributed by atoms with van der Waals surface area (Å²) in [5, 5.41) is 0. The molecule has 1 atom stereocenters. The Morgan fingerprint density at radius 1 is 1.23 bits per heavy atom. The minimum absolute atomic E-state index is 0.0167. The van der Waals surface area contributed by atoms with E-state index in [1.807, 2.05) is 32.6 Å². The van der Waals surface area contributed by atoms with E-state index in [0.717, 1.165) is 6.42 Å². The van der Waals surface area contributed by atoms with Gasteiger partial charge in [0.25, 0.3) is 0 Å². The lowest BCUT2D eigenvalue weighted by molar-refractivity contribution is -0.114. The molecule has 0 unspecified atom stereocenters. The fourth-order valence-corrected chi connectivity index (χ4v) is 6.55. The van der Waals surface area contributed by atoms with E-state index in [0.29, 0.717) is 41.9 Å². The second kappa shape index (κ2) is 11.0. The molecule has 1 aromatic heterocycles. The van der Waals surface area contributed by atoms with Gasteiger partial charge in [-0.25, -0.2) is 17.8 Å². The van der Waals surface area contributed by atoms with Crippen LogP contribution in [-0.4, -0.2) is 49.4 Å². The number of Topliss-reactive ketones (excluding diaryl/α,β-unsaturated/α-hetero) is 2. The van der Waals surface area contributed by atoms with E-state index >= 15 is 0 Å². The first kappa shape index (κ1) is 28.7.